The van der Waals surface area contributed by atoms with Gasteiger partial charge in [-0.05, 0) is 6.07 Å². The number of benzene rings is 1. The summed E-state index contributed by atoms with van der Waals surface area (Å²) in [6.07, 6.45) is -0.566. The van der Waals surface area contributed by atoms with E-state index >= 15 is 0 Å². The van der Waals surface area contributed by atoms with Crippen LogP contribution in [0.5, 0.6) is 11.5 Å². The second kappa shape index (κ2) is 6.83. The molecule has 0 radical (unpaired) electrons. The van der Waals surface area contributed by atoms with Crippen molar-refractivity contribution < 1.29 is 19.7 Å². The summed E-state index contributed by atoms with van der Waals surface area (Å²) in [7, 11) is 1.61. The van der Waals surface area contributed by atoms with Crippen LogP contribution in [0, 0.1) is 0 Å². The average Bonchev–Trinajstić information content (AvgIpc) is 2.56. The molecule has 1 saturated heterocycles. The predicted molar refractivity (Wildman–Crippen MR) is 82.3 cm³/mol. The van der Waals surface area contributed by atoms with Crippen LogP contribution in [0.4, 0.5) is 0 Å². The molecule has 1 aromatic rings. The van der Waals surface area contributed by atoms with E-state index in [2.05, 4.69) is 9.80 Å². The maximum Gasteiger partial charge on any atom is 0.167 e. The second-order valence-corrected chi connectivity index (χ2v) is 5.80. The number of rotatable bonds is 4. The molecule has 2 aliphatic rings. The number of piperazine rings is 1. The van der Waals surface area contributed by atoms with E-state index in [4.69, 9.17) is 14.6 Å². The quantitative estimate of drug-likeness (QED) is 0.822. The van der Waals surface area contributed by atoms with Crippen LogP contribution in [-0.2, 0) is 0 Å². The summed E-state index contributed by atoms with van der Waals surface area (Å²) in [5.74, 6) is 1.33. The Morgan fingerprint density at radius 1 is 1.27 bits per heavy atom. The number of aliphatic hydroxyl groups excluding tert-OH is 2. The molecule has 2 aliphatic heterocycles. The van der Waals surface area contributed by atoms with Gasteiger partial charge in [-0.3, -0.25) is 9.80 Å². The van der Waals surface area contributed by atoms with Gasteiger partial charge in [-0.1, -0.05) is 12.1 Å². The van der Waals surface area contributed by atoms with Crippen LogP contribution >= 0.6 is 0 Å². The zero-order chi connectivity index (χ0) is 15.5. The van der Waals surface area contributed by atoms with E-state index in [1.165, 1.54) is 0 Å². The third-order valence-corrected chi connectivity index (χ3v) is 4.60. The SMILES string of the molecule is COc1cccc2c1OCC(N1CCN(CCO)CC1)C2O. The molecule has 0 aromatic heterocycles. The molecule has 0 spiro atoms. The molecule has 0 bridgehead atoms. The fourth-order valence-corrected chi connectivity index (χ4v) is 3.31. The van der Waals surface area contributed by atoms with E-state index in [0.717, 1.165) is 38.3 Å². The van der Waals surface area contributed by atoms with E-state index < -0.39 is 6.10 Å². The summed E-state index contributed by atoms with van der Waals surface area (Å²) in [5.41, 5.74) is 0.799. The Kier molecular flexibility index (Phi) is 4.83. The van der Waals surface area contributed by atoms with Crippen LogP contribution in [0.3, 0.4) is 0 Å². The summed E-state index contributed by atoms with van der Waals surface area (Å²) in [4.78, 5) is 4.52. The molecule has 0 saturated carbocycles. The van der Waals surface area contributed by atoms with Crippen LogP contribution in [0.15, 0.2) is 18.2 Å². The molecule has 2 heterocycles. The van der Waals surface area contributed by atoms with Gasteiger partial charge in [-0.25, -0.2) is 0 Å². The highest BCUT2D eigenvalue weighted by molar-refractivity contribution is 5.49. The Labute approximate surface area is 130 Å². The van der Waals surface area contributed by atoms with Gasteiger partial charge in [0.1, 0.15) is 12.7 Å². The highest BCUT2D eigenvalue weighted by Gasteiger charge is 2.36. The van der Waals surface area contributed by atoms with Crippen LogP contribution in [0.2, 0.25) is 0 Å². The average molecular weight is 308 g/mol. The Morgan fingerprint density at radius 3 is 2.73 bits per heavy atom. The molecular formula is C16H24N2O4. The van der Waals surface area contributed by atoms with Crippen molar-refractivity contribution >= 4 is 0 Å². The zero-order valence-electron chi connectivity index (χ0n) is 12.9. The van der Waals surface area contributed by atoms with Crippen LogP contribution in [-0.4, -0.2) is 79.1 Å². The van der Waals surface area contributed by atoms with Gasteiger partial charge in [0.25, 0.3) is 0 Å². The maximum atomic E-state index is 10.7. The molecule has 22 heavy (non-hydrogen) atoms. The molecule has 6 nitrogen and oxygen atoms in total. The molecule has 1 aromatic carbocycles. The monoisotopic (exact) mass is 308 g/mol. The minimum Gasteiger partial charge on any atom is -0.493 e. The number of aliphatic hydroxyl groups is 2. The topological polar surface area (TPSA) is 65.4 Å². The van der Waals surface area contributed by atoms with Gasteiger partial charge >= 0.3 is 0 Å². The fraction of sp³-hybridized carbons (Fsp3) is 0.625. The first-order valence-electron chi connectivity index (χ1n) is 7.79. The minimum absolute atomic E-state index is 0.0316. The molecule has 2 atom stereocenters. The lowest BCUT2D eigenvalue weighted by molar-refractivity contribution is -0.0194. The van der Waals surface area contributed by atoms with Crippen molar-refractivity contribution in [1.29, 1.82) is 0 Å². The maximum absolute atomic E-state index is 10.7. The standard InChI is InChI=1S/C16H24N2O4/c1-21-14-4-2-3-12-15(20)13(11-22-16(12)14)18-7-5-17(6-8-18)9-10-19/h2-4,13,15,19-20H,5-11H2,1H3. The van der Waals surface area contributed by atoms with Crippen LogP contribution < -0.4 is 9.47 Å². The first-order chi connectivity index (χ1) is 10.7. The van der Waals surface area contributed by atoms with Crippen molar-refractivity contribution in [3.63, 3.8) is 0 Å². The molecule has 2 N–H and O–H groups in total. The van der Waals surface area contributed by atoms with Crippen molar-refractivity contribution in [1.82, 2.24) is 9.80 Å². The Hall–Kier alpha value is -1.34. The van der Waals surface area contributed by atoms with Crippen molar-refractivity contribution in [2.24, 2.45) is 0 Å². The van der Waals surface area contributed by atoms with Gasteiger partial charge < -0.3 is 19.7 Å². The number of ether oxygens (including phenoxy) is 2. The van der Waals surface area contributed by atoms with Gasteiger partial charge in [0.15, 0.2) is 11.5 Å². The summed E-state index contributed by atoms with van der Waals surface area (Å²) in [6, 6.07) is 5.60. The van der Waals surface area contributed by atoms with Crippen molar-refractivity contribution in [3.05, 3.63) is 23.8 Å². The summed E-state index contributed by atoms with van der Waals surface area (Å²) in [6.45, 7) is 4.97. The van der Waals surface area contributed by atoms with Crippen LogP contribution in [0.25, 0.3) is 0 Å². The van der Waals surface area contributed by atoms with E-state index in [-0.39, 0.29) is 12.6 Å². The lowest BCUT2D eigenvalue weighted by atomic mass is 9.97. The highest BCUT2D eigenvalue weighted by Crippen LogP contribution is 2.40. The first kappa shape index (κ1) is 15.6. The van der Waals surface area contributed by atoms with Gasteiger partial charge in [-0.2, -0.15) is 0 Å². The molecule has 2 unspecified atom stereocenters. The number of para-hydroxylation sites is 1. The number of methoxy groups -OCH3 is 1. The molecule has 122 valence electrons. The number of nitrogens with zero attached hydrogens (tertiary/aromatic N) is 2. The molecule has 0 aliphatic carbocycles. The molecule has 6 heteroatoms. The molecular weight excluding hydrogens is 284 g/mol. The summed E-state index contributed by atoms with van der Waals surface area (Å²) >= 11 is 0. The molecule has 0 amide bonds. The third kappa shape index (κ3) is 2.92. The molecule has 3 rings (SSSR count). The predicted octanol–water partition coefficient (Wildman–Crippen LogP) is 0.0995. The van der Waals surface area contributed by atoms with Crippen molar-refractivity contribution in [2.45, 2.75) is 12.1 Å². The summed E-state index contributed by atoms with van der Waals surface area (Å²) < 4.78 is 11.2. The number of hydrogen-bond acceptors (Lipinski definition) is 6. The first-order valence-corrected chi connectivity index (χ1v) is 7.79. The summed E-state index contributed by atoms with van der Waals surface area (Å²) in [5, 5.41) is 19.7. The Bertz CT molecular complexity index is 503. The highest BCUT2D eigenvalue weighted by atomic mass is 16.5. The van der Waals surface area contributed by atoms with E-state index in [0.29, 0.717) is 18.1 Å². The van der Waals surface area contributed by atoms with Gasteiger partial charge in [0, 0.05) is 38.3 Å². The third-order valence-electron chi connectivity index (χ3n) is 4.60. The molecule has 1 fully saturated rings. The zero-order valence-corrected chi connectivity index (χ0v) is 12.9. The van der Waals surface area contributed by atoms with E-state index in [9.17, 15) is 5.11 Å². The normalized spacial score (nSPS) is 26.3. The van der Waals surface area contributed by atoms with Crippen LogP contribution in [0.1, 0.15) is 11.7 Å². The van der Waals surface area contributed by atoms with E-state index in [1.807, 2.05) is 18.2 Å². The van der Waals surface area contributed by atoms with Gasteiger partial charge in [0.2, 0.25) is 0 Å². The van der Waals surface area contributed by atoms with Gasteiger partial charge in [0.05, 0.1) is 19.8 Å². The second-order valence-electron chi connectivity index (χ2n) is 5.80. The fourth-order valence-electron chi connectivity index (χ4n) is 3.31. The van der Waals surface area contributed by atoms with E-state index in [1.54, 1.807) is 7.11 Å². The lowest BCUT2D eigenvalue weighted by Gasteiger charge is -2.42. The Morgan fingerprint density at radius 2 is 2.05 bits per heavy atom. The number of hydrogen-bond donors (Lipinski definition) is 2. The largest absolute Gasteiger partial charge is 0.493 e. The lowest BCUT2D eigenvalue weighted by Crippen LogP contribution is -2.54. The Balaban J connectivity index is 1.70. The smallest absolute Gasteiger partial charge is 0.167 e. The van der Waals surface area contributed by atoms with Gasteiger partial charge in [-0.15, -0.1) is 0 Å². The minimum atomic E-state index is -0.566. The number of fused-ring (bicyclic) bond motifs is 1. The number of β-amino-alcohol motifs (C(OH)–C–C–N with tert-alkyl or cyclic N) is 1. The van der Waals surface area contributed by atoms with Crippen molar-refractivity contribution in [3.8, 4) is 11.5 Å². The van der Waals surface area contributed by atoms with Crippen molar-refractivity contribution in [2.75, 3.05) is 53.0 Å².